The van der Waals surface area contributed by atoms with Gasteiger partial charge in [-0.25, -0.2) is 4.98 Å². The van der Waals surface area contributed by atoms with Crippen LogP contribution in [0, 0.1) is 29.6 Å². The van der Waals surface area contributed by atoms with Gasteiger partial charge >= 0.3 is 0 Å². The van der Waals surface area contributed by atoms with Crippen LogP contribution in [-0.4, -0.2) is 80.9 Å². The molecule has 7 rings (SSSR count). The lowest BCUT2D eigenvalue weighted by atomic mass is 9.81. The minimum absolute atomic E-state index is 0.0219. The summed E-state index contributed by atoms with van der Waals surface area (Å²) in [7, 11) is 0. The molecule has 5 N–H and O–H groups in total. The highest BCUT2D eigenvalue weighted by atomic mass is 35.5. The van der Waals surface area contributed by atoms with E-state index in [-0.39, 0.29) is 47.9 Å². The minimum atomic E-state index is -1.54. The molecule has 3 aliphatic carbocycles. The number of H-pyrrole nitrogens is 1. The smallest absolute Gasteiger partial charge is 0.290 e. The van der Waals surface area contributed by atoms with Crippen LogP contribution < -0.4 is 16.0 Å². The quantitative estimate of drug-likeness (QED) is 0.285. The van der Waals surface area contributed by atoms with Crippen LogP contribution in [0.1, 0.15) is 42.7 Å². The molecule has 5 aliphatic rings. The lowest BCUT2D eigenvalue weighted by Gasteiger charge is -2.32. The molecule has 222 valence electrons. The number of nitrogens with zero attached hydrogens (tertiary/aromatic N) is 2. The molecule has 1 aromatic heterocycles. The van der Waals surface area contributed by atoms with Gasteiger partial charge in [-0.15, -0.1) is 0 Å². The molecule has 8 atom stereocenters. The highest BCUT2D eigenvalue weighted by Crippen LogP contribution is 2.54. The molecule has 2 saturated heterocycles. The Balaban J connectivity index is 1.18. The third kappa shape index (κ3) is 4.75. The van der Waals surface area contributed by atoms with Crippen molar-refractivity contribution in [3.8, 4) is 0 Å². The number of fused-ring (bicyclic) bond motifs is 6. The fourth-order valence-corrected chi connectivity index (χ4v) is 7.83. The summed E-state index contributed by atoms with van der Waals surface area (Å²) in [4.78, 5) is 62.4. The first-order valence-electron chi connectivity index (χ1n) is 14.6. The van der Waals surface area contributed by atoms with Crippen LogP contribution in [0.25, 0.3) is 11.0 Å². The van der Waals surface area contributed by atoms with Crippen molar-refractivity contribution < 1.29 is 24.3 Å². The Morgan fingerprint density at radius 3 is 2.60 bits per heavy atom. The Morgan fingerprint density at radius 2 is 1.88 bits per heavy atom. The first-order valence-corrected chi connectivity index (χ1v) is 15.3. The summed E-state index contributed by atoms with van der Waals surface area (Å²) in [5.74, 6) is -1.68. The maximum absolute atomic E-state index is 14.2. The van der Waals surface area contributed by atoms with Crippen LogP contribution in [0.2, 0.25) is 10.0 Å². The number of benzene rings is 1. The third-order valence-corrected chi connectivity index (χ3v) is 10.3. The number of carbonyl (C=O) groups is 4. The maximum Gasteiger partial charge on any atom is 0.290 e. The monoisotopic (exact) mass is 614 g/mol. The standard InChI is InChI=1S/C29H32Cl2N6O5/c30-17-5-6-18(31)22-21(17)35-25(36-22)29(42)37-11-16-12-1-2-13(9-12)20(16)23(37)27(40)34-19(10-14-7-8-32-26(14)39)24(38)28(41)33-15-3-4-15/h1-2,5-6,12-16,19-20,23-24,38H,3-4,7-11H2,(H,32,39)(H,33,41)(H,34,40)(H,35,36)/t12?,13?,14-,16?,19-,20?,23?,24?/m0/s1. The number of aromatic nitrogens is 2. The molecule has 6 unspecified atom stereocenters. The third-order valence-electron chi connectivity index (χ3n) is 9.68. The number of hydrogen-bond donors (Lipinski definition) is 5. The Morgan fingerprint density at radius 1 is 1.12 bits per heavy atom. The second-order valence-corrected chi connectivity index (χ2v) is 13.1. The molecule has 11 nitrogen and oxygen atoms in total. The van der Waals surface area contributed by atoms with Crippen LogP contribution in [-0.2, 0) is 14.4 Å². The summed E-state index contributed by atoms with van der Waals surface area (Å²) < 4.78 is 0. The van der Waals surface area contributed by atoms with E-state index in [2.05, 4.69) is 38.1 Å². The lowest BCUT2D eigenvalue weighted by Crippen LogP contribution is -2.57. The van der Waals surface area contributed by atoms with Crippen molar-refractivity contribution in [1.29, 1.82) is 0 Å². The zero-order chi connectivity index (χ0) is 29.3. The van der Waals surface area contributed by atoms with Crippen molar-refractivity contribution >= 4 is 57.9 Å². The van der Waals surface area contributed by atoms with E-state index in [4.69, 9.17) is 23.2 Å². The topological polar surface area (TPSA) is 157 Å². The van der Waals surface area contributed by atoms with E-state index < -0.39 is 41.8 Å². The number of aliphatic hydroxyl groups is 1. The molecule has 2 bridgehead atoms. The van der Waals surface area contributed by atoms with Crippen LogP contribution in [0.4, 0.5) is 0 Å². The van der Waals surface area contributed by atoms with Gasteiger partial charge in [0, 0.05) is 25.0 Å². The number of likely N-dealkylation sites (tertiary alicyclic amines) is 1. The van der Waals surface area contributed by atoms with Crippen LogP contribution in [0.3, 0.4) is 0 Å². The van der Waals surface area contributed by atoms with Crippen LogP contribution in [0.15, 0.2) is 24.3 Å². The molecule has 2 aliphatic heterocycles. The highest BCUT2D eigenvalue weighted by molar-refractivity contribution is 6.39. The normalized spacial score (nSPS) is 30.8. The van der Waals surface area contributed by atoms with E-state index in [0.29, 0.717) is 40.6 Å². The molecule has 4 fully saturated rings. The van der Waals surface area contributed by atoms with Crippen LogP contribution >= 0.6 is 23.2 Å². The summed E-state index contributed by atoms with van der Waals surface area (Å²) in [5.41, 5.74) is 0.809. The van der Waals surface area contributed by atoms with E-state index in [1.165, 1.54) is 0 Å². The first-order chi connectivity index (χ1) is 20.2. The number of aromatic amines is 1. The van der Waals surface area contributed by atoms with Gasteiger partial charge in [-0.1, -0.05) is 35.4 Å². The molecule has 0 spiro atoms. The van der Waals surface area contributed by atoms with Crippen molar-refractivity contribution in [3.05, 3.63) is 40.2 Å². The van der Waals surface area contributed by atoms with Gasteiger partial charge in [-0.2, -0.15) is 0 Å². The van der Waals surface area contributed by atoms with Crippen molar-refractivity contribution in [2.75, 3.05) is 13.1 Å². The van der Waals surface area contributed by atoms with E-state index in [1.54, 1.807) is 17.0 Å². The minimum Gasteiger partial charge on any atom is -0.381 e. The van der Waals surface area contributed by atoms with Crippen molar-refractivity contribution in [2.24, 2.45) is 29.6 Å². The SMILES string of the molecule is O=C(NC1CC1)C(O)[C@H](C[C@@H]1CCNC1=O)NC(=O)C1C2C3C=CC(C3)C2CN1C(=O)c1nc2c(Cl)ccc(Cl)c2[nH]1. The lowest BCUT2D eigenvalue weighted by molar-refractivity contribution is -0.135. The number of allylic oxidation sites excluding steroid dienone is 2. The Hall–Kier alpha value is -3.15. The zero-order valence-corrected chi connectivity index (χ0v) is 24.2. The van der Waals surface area contributed by atoms with Gasteiger partial charge in [0.25, 0.3) is 11.8 Å². The molecule has 2 aromatic rings. The van der Waals surface area contributed by atoms with Gasteiger partial charge < -0.3 is 30.9 Å². The van der Waals surface area contributed by atoms with Crippen molar-refractivity contribution in [1.82, 2.24) is 30.8 Å². The van der Waals surface area contributed by atoms with E-state index in [1.807, 2.05) is 0 Å². The second-order valence-electron chi connectivity index (χ2n) is 12.3. The molecule has 4 amide bonds. The molecule has 2 saturated carbocycles. The molecular weight excluding hydrogens is 583 g/mol. The largest absolute Gasteiger partial charge is 0.381 e. The molecule has 0 radical (unpaired) electrons. The number of carbonyl (C=O) groups excluding carboxylic acids is 4. The van der Waals surface area contributed by atoms with Gasteiger partial charge in [0.15, 0.2) is 11.9 Å². The van der Waals surface area contributed by atoms with Crippen molar-refractivity contribution in [2.45, 2.75) is 56.3 Å². The average Bonchev–Trinajstić information content (AvgIpc) is 3.46. The van der Waals surface area contributed by atoms with Gasteiger partial charge in [-0.05, 0) is 67.9 Å². The molecule has 1 aromatic carbocycles. The van der Waals surface area contributed by atoms with Gasteiger partial charge in [0.2, 0.25) is 11.8 Å². The zero-order valence-electron chi connectivity index (χ0n) is 22.7. The Labute approximate surface area is 251 Å². The van der Waals surface area contributed by atoms with Gasteiger partial charge in [0.05, 0.1) is 21.6 Å². The predicted octanol–water partition coefficient (Wildman–Crippen LogP) is 1.78. The summed E-state index contributed by atoms with van der Waals surface area (Å²) >= 11 is 12.6. The number of nitrogens with one attached hydrogen (secondary N) is 4. The summed E-state index contributed by atoms with van der Waals surface area (Å²) in [6.45, 7) is 0.871. The Kier molecular flexibility index (Phi) is 6.94. The van der Waals surface area contributed by atoms with E-state index in [0.717, 1.165) is 19.3 Å². The summed E-state index contributed by atoms with van der Waals surface area (Å²) in [5, 5.41) is 20.3. The van der Waals surface area contributed by atoms with Crippen LogP contribution in [0.5, 0.6) is 0 Å². The average molecular weight is 616 g/mol. The van der Waals surface area contributed by atoms with E-state index >= 15 is 0 Å². The number of aliphatic hydroxyl groups excluding tert-OH is 1. The second kappa shape index (κ2) is 10.5. The summed E-state index contributed by atoms with van der Waals surface area (Å²) in [6, 6.07) is 1.40. The number of amides is 4. The molecule has 3 heterocycles. The Bertz CT molecular complexity index is 1470. The van der Waals surface area contributed by atoms with Crippen molar-refractivity contribution in [3.63, 3.8) is 0 Å². The van der Waals surface area contributed by atoms with Gasteiger partial charge in [0.1, 0.15) is 11.6 Å². The number of hydrogen-bond acceptors (Lipinski definition) is 6. The molecule has 13 heteroatoms. The number of halogens is 2. The number of imidazole rings is 1. The maximum atomic E-state index is 14.2. The first kappa shape index (κ1) is 27.7. The fraction of sp³-hybridized carbons (Fsp3) is 0.552. The number of rotatable bonds is 8. The predicted molar refractivity (Wildman–Crippen MR) is 153 cm³/mol. The van der Waals surface area contributed by atoms with E-state index in [9.17, 15) is 24.3 Å². The molecular formula is C29H32Cl2N6O5. The fourth-order valence-electron chi connectivity index (χ4n) is 7.44. The highest BCUT2D eigenvalue weighted by Gasteiger charge is 2.58. The van der Waals surface area contributed by atoms with Gasteiger partial charge in [-0.3, -0.25) is 19.2 Å². The summed E-state index contributed by atoms with van der Waals surface area (Å²) in [6.07, 6.45) is 6.03. The molecule has 42 heavy (non-hydrogen) atoms.